The fourth-order valence-corrected chi connectivity index (χ4v) is 2.86. The van der Waals surface area contributed by atoms with Crippen LogP contribution in [0.15, 0.2) is 29.6 Å². The smallest absolute Gasteiger partial charge is 0.338 e. The molecule has 2 heterocycles. The number of fused-ring (bicyclic) bond motifs is 1. The first-order valence-electron chi connectivity index (χ1n) is 6.69. The average molecular weight is 354 g/mol. The molecule has 1 aliphatic rings. The lowest BCUT2D eigenvalue weighted by molar-refractivity contribution is -0.124. The fraction of sp³-hybridized carbons (Fsp3) is 0.200. The summed E-state index contributed by atoms with van der Waals surface area (Å²) < 4.78 is 15.3. The first-order valence-corrected chi connectivity index (χ1v) is 7.94. The molecule has 1 N–H and O–H groups in total. The molecule has 23 heavy (non-hydrogen) atoms. The van der Waals surface area contributed by atoms with Crippen LogP contribution in [-0.2, 0) is 16.1 Å². The van der Waals surface area contributed by atoms with Crippen LogP contribution in [-0.4, -0.2) is 25.3 Å². The van der Waals surface area contributed by atoms with E-state index in [0.717, 1.165) is 4.88 Å². The van der Waals surface area contributed by atoms with Crippen LogP contribution in [0.2, 0.25) is 5.02 Å². The van der Waals surface area contributed by atoms with Gasteiger partial charge in [-0.05, 0) is 23.6 Å². The summed E-state index contributed by atoms with van der Waals surface area (Å²) in [4.78, 5) is 24.7. The lowest BCUT2D eigenvalue weighted by atomic mass is 10.2. The van der Waals surface area contributed by atoms with E-state index in [1.54, 1.807) is 0 Å². The van der Waals surface area contributed by atoms with E-state index in [0.29, 0.717) is 18.0 Å². The lowest BCUT2D eigenvalue weighted by Crippen LogP contribution is -2.28. The molecule has 0 saturated carbocycles. The molecule has 6 nitrogen and oxygen atoms in total. The molecule has 1 aromatic heterocycles. The highest BCUT2D eigenvalue weighted by Gasteiger charge is 2.21. The molecule has 3 rings (SSSR count). The van der Waals surface area contributed by atoms with Crippen molar-refractivity contribution in [3.63, 3.8) is 0 Å². The second-order valence-electron chi connectivity index (χ2n) is 4.62. The molecule has 8 heteroatoms. The van der Waals surface area contributed by atoms with E-state index in [9.17, 15) is 9.59 Å². The third-order valence-corrected chi connectivity index (χ3v) is 4.19. The van der Waals surface area contributed by atoms with Crippen molar-refractivity contribution in [2.45, 2.75) is 6.54 Å². The van der Waals surface area contributed by atoms with Gasteiger partial charge in [-0.1, -0.05) is 17.7 Å². The Bertz CT molecular complexity index is 732. The van der Waals surface area contributed by atoms with E-state index in [2.05, 4.69) is 5.32 Å². The van der Waals surface area contributed by atoms with Gasteiger partial charge in [0.1, 0.15) is 0 Å². The number of nitrogens with one attached hydrogen (secondary N) is 1. The number of hydrogen-bond donors (Lipinski definition) is 1. The van der Waals surface area contributed by atoms with Crippen molar-refractivity contribution < 1.29 is 23.8 Å². The maximum Gasteiger partial charge on any atom is 0.338 e. The zero-order chi connectivity index (χ0) is 16.2. The number of hydrogen-bond acceptors (Lipinski definition) is 6. The Morgan fingerprint density at radius 2 is 2.22 bits per heavy atom. The molecule has 2 aromatic rings. The Labute approximate surface area is 140 Å². The van der Waals surface area contributed by atoms with Gasteiger partial charge in [0.2, 0.25) is 6.79 Å². The van der Waals surface area contributed by atoms with Gasteiger partial charge >= 0.3 is 5.97 Å². The maximum absolute atomic E-state index is 12.0. The minimum Gasteiger partial charge on any atom is -0.454 e. The number of rotatable bonds is 5. The number of thiophene rings is 1. The van der Waals surface area contributed by atoms with Gasteiger partial charge < -0.3 is 19.5 Å². The predicted octanol–water partition coefficient (Wildman–Crippen LogP) is 2.60. The number of amides is 1. The zero-order valence-corrected chi connectivity index (χ0v) is 13.4. The van der Waals surface area contributed by atoms with Gasteiger partial charge in [0, 0.05) is 4.88 Å². The van der Waals surface area contributed by atoms with Gasteiger partial charge in [-0.25, -0.2) is 4.79 Å². The molecule has 0 bridgehead atoms. The Balaban J connectivity index is 1.53. The SMILES string of the molecule is O=C(COC(=O)c1cc(Cl)c2c(c1)OCO2)NCc1cccs1. The highest BCUT2D eigenvalue weighted by molar-refractivity contribution is 7.09. The second-order valence-corrected chi connectivity index (χ2v) is 6.06. The van der Waals surface area contributed by atoms with Crippen LogP contribution in [0.25, 0.3) is 0 Å². The van der Waals surface area contributed by atoms with Gasteiger partial charge in [-0.3, -0.25) is 4.79 Å². The molecule has 0 unspecified atom stereocenters. The van der Waals surface area contributed by atoms with Gasteiger partial charge in [0.25, 0.3) is 5.91 Å². The third-order valence-electron chi connectivity index (χ3n) is 3.04. The number of carbonyl (C=O) groups is 2. The van der Waals surface area contributed by atoms with E-state index < -0.39 is 5.97 Å². The topological polar surface area (TPSA) is 73.9 Å². The summed E-state index contributed by atoms with van der Waals surface area (Å²) in [6, 6.07) is 6.70. The molecular formula is C15H12ClNO5S. The van der Waals surface area contributed by atoms with Crippen molar-refractivity contribution >= 4 is 34.8 Å². The molecule has 0 aliphatic carbocycles. The summed E-state index contributed by atoms with van der Waals surface area (Å²) in [5, 5.41) is 4.85. The monoisotopic (exact) mass is 353 g/mol. The van der Waals surface area contributed by atoms with Crippen LogP contribution in [0.4, 0.5) is 0 Å². The van der Waals surface area contributed by atoms with E-state index in [4.69, 9.17) is 25.8 Å². The molecular weight excluding hydrogens is 342 g/mol. The number of ether oxygens (including phenoxy) is 3. The number of esters is 1. The predicted molar refractivity (Wildman–Crippen MR) is 84.0 cm³/mol. The first kappa shape index (κ1) is 15.6. The van der Waals surface area contributed by atoms with E-state index in [1.807, 2.05) is 17.5 Å². The van der Waals surface area contributed by atoms with E-state index >= 15 is 0 Å². The highest BCUT2D eigenvalue weighted by atomic mass is 35.5. The average Bonchev–Trinajstić information content (AvgIpc) is 3.21. The standard InChI is InChI=1S/C15H12ClNO5S/c16-11-4-9(5-12-14(11)22-8-21-12)15(19)20-7-13(18)17-6-10-2-1-3-23-10/h1-5H,6-8H2,(H,17,18). The molecule has 1 aliphatic heterocycles. The van der Waals surface area contributed by atoms with Crippen molar-refractivity contribution in [1.82, 2.24) is 5.32 Å². The lowest BCUT2D eigenvalue weighted by Gasteiger charge is -2.07. The van der Waals surface area contributed by atoms with Crippen molar-refractivity contribution in [1.29, 1.82) is 0 Å². The Morgan fingerprint density at radius 1 is 1.35 bits per heavy atom. The number of carbonyl (C=O) groups excluding carboxylic acids is 2. The Kier molecular flexibility index (Phi) is 4.68. The summed E-state index contributed by atoms with van der Waals surface area (Å²) in [6.45, 7) is 0.0961. The summed E-state index contributed by atoms with van der Waals surface area (Å²) in [7, 11) is 0. The van der Waals surface area contributed by atoms with Gasteiger partial charge in [0.05, 0.1) is 17.1 Å². The van der Waals surface area contributed by atoms with Crippen LogP contribution < -0.4 is 14.8 Å². The third kappa shape index (κ3) is 3.75. The minimum absolute atomic E-state index is 0.0542. The quantitative estimate of drug-likeness (QED) is 0.836. The number of halogens is 1. The van der Waals surface area contributed by atoms with Crippen molar-refractivity contribution in [2.24, 2.45) is 0 Å². The second kappa shape index (κ2) is 6.89. The van der Waals surface area contributed by atoms with Crippen molar-refractivity contribution in [2.75, 3.05) is 13.4 Å². The largest absolute Gasteiger partial charge is 0.454 e. The van der Waals surface area contributed by atoms with Crippen LogP contribution >= 0.6 is 22.9 Å². The number of benzene rings is 1. The normalized spacial score (nSPS) is 12.0. The minimum atomic E-state index is -0.656. The first-order chi connectivity index (χ1) is 11.1. The summed E-state index contributed by atoms with van der Waals surface area (Å²) in [5.41, 5.74) is 0.199. The van der Waals surface area contributed by atoms with Gasteiger partial charge in [0.15, 0.2) is 18.1 Å². The van der Waals surface area contributed by atoms with Crippen LogP contribution in [0.3, 0.4) is 0 Å². The van der Waals surface area contributed by atoms with Crippen LogP contribution in [0.5, 0.6) is 11.5 Å². The summed E-state index contributed by atoms with van der Waals surface area (Å²) in [5.74, 6) is -0.251. The highest BCUT2D eigenvalue weighted by Crippen LogP contribution is 2.39. The van der Waals surface area contributed by atoms with Crippen LogP contribution in [0, 0.1) is 0 Å². The van der Waals surface area contributed by atoms with Crippen molar-refractivity contribution in [3.8, 4) is 11.5 Å². The van der Waals surface area contributed by atoms with Crippen LogP contribution in [0.1, 0.15) is 15.2 Å². The summed E-state index contributed by atoms with van der Waals surface area (Å²) in [6.07, 6.45) is 0. The Hall–Kier alpha value is -2.25. The molecule has 0 spiro atoms. The molecule has 120 valence electrons. The zero-order valence-electron chi connectivity index (χ0n) is 11.8. The fourth-order valence-electron chi connectivity index (χ4n) is 1.95. The van der Waals surface area contributed by atoms with E-state index in [-0.39, 0.29) is 29.9 Å². The van der Waals surface area contributed by atoms with Gasteiger partial charge in [-0.15, -0.1) is 11.3 Å². The van der Waals surface area contributed by atoms with Crippen molar-refractivity contribution in [3.05, 3.63) is 45.1 Å². The molecule has 0 saturated heterocycles. The molecule has 1 aromatic carbocycles. The molecule has 0 radical (unpaired) electrons. The van der Waals surface area contributed by atoms with E-state index in [1.165, 1.54) is 23.5 Å². The molecule has 0 atom stereocenters. The molecule has 1 amide bonds. The maximum atomic E-state index is 12.0. The Morgan fingerprint density at radius 3 is 3.00 bits per heavy atom. The van der Waals surface area contributed by atoms with Gasteiger partial charge in [-0.2, -0.15) is 0 Å². The molecule has 0 fully saturated rings. The summed E-state index contributed by atoms with van der Waals surface area (Å²) >= 11 is 7.53.